The largest absolute Gasteiger partial charge is 0.496 e. The third-order valence-corrected chi connectivity index (χ3v) is 3.95. The lowest BCUT2D eigenvalue weighted by Gasteiger charge is -2.07. The Balaban J connectivity index is 1.90. The zero-order chi connectivity index (χ0) is 16.4. The molecule has 0 aliphatic rings. The van der Waals surface area contributed by atoms with Gasteiger partial charge in [-0.05, 0) is 46.1 Å². The minimum absolute atomic E-state index is 0.0464. The number of carbonyl (C=O) groups excluding carboxylic acids is 1. The Kier molecular flexibility index (Phi) is 4.02. The van der Waals surface area contributed by atoms with E-state index in [1.807, 2.05) is 0 Å². The Bertz CT molecular complexity index is 901. The molecule has 1 aromatic carbocycles. The molecule has 0 N–H and O–H groups in total. The number of tetrazole rings is 1. The van der Waals surface area contributed by atoms with E-state index >= 15 is 0 Å². The summed E-state index contributed by atoms with van der Waals surface area (Å²) in [5.41, 5.74) is -0.499. The molecule has 9 heteroatoms. The molecule has 7 nitrogen and oxygen atoms in total. The first kappa shape index (κ1) is 15.1. The van der Waals surface area contributed by atoms with Crippen molar-refractivity contribution in [1.29, 1.82) is 0 Å². The maximum absolute atomic E-state index is 13.3. The van der Waals surface area contributed by atoms with E-state index in [1.165, 1.54) is 30.6 Å². The van der Waals surface area contributed by atoms with Crippen molar-refractivity contribution in [2.24, 2.45) is 0 Å². The third-order valence-electron chi connectivity index (χ3n) is 3.11. The summed E-state index contributed by atoms with van der Waals surface area (Å²) in [5, 5.41) is 9.81. The number of rotatable bonds is 5. The Labute approximate surface area is 133 Å². The van der Waals surface area contributed by atoms with Crippen LogP contribution >= 0.6 is 11.3 Å². The van der Waals surface area contributed by atoms with Gasteiger partial charge in [0, 0.05) is 0 Å². The first-order chi connectivity index (χ1) is 11.1. The molecule has 2 heterocycles. The van der Waals surface area contributed by atoms with Gasteiger partial charge in [0.25, 0.3) is 0 Å². The van der Waals surface area contributed by atoms with Crippen molar-refractivity contribution >= 4 is 17.1 Å². The van der Waals surface area contributed by atoms with Crippen LogP contribution in [0.5, 0.6) is 5.75 Å². The molecule has 2 aromatic heterocycles. The molecule has 0 spiro atoms. The van der Waals surface area contributed by atoms with Gasteiger partial charge in [-0.25, -0.2) is 9.18 Å². The van der Waals surface area contributed by atoms with E-state index < -0.39 is 17.3 Å². The first-order valence-corrected chi connectivity index (χ1v) is 7.41. The van der Waals surface area contributed by atoms with Crippen molar-refractivity contribution in [3.8, 4) is 10.8 Å². The van der Waals surface area contributed by atoms with Crippen LogP contribution in [0.3, 0.4) is 0 Å². The average molecular weight is 334 g/mol. The summed E-state index contributed by atoms with van der Waals surface area (Å²) in [7, 11) is 1.38. The van der Waals surface area contributed by atoms with Gasteiger partial charge in [-0.15, -0.1) is 11.3 Å². The molecular weight excluding hydrogens is 323 g/mol. The van der Waals surface area contributed by atoms with E-state index in [0.717, 1.165) is 15.4 Å². The van der Waals surface area contributed by atoms with Crippen LogP contribution in [0, 0.1) is 5.82 Å². The highest BCUT2D eigenvalue weighted by Crippen LogP contribution is 2.20. The van der Waals surface area contributed by atoms with Gasteiger partial charge >= 0.3 is 5.69 Å². The Morgan fingerprint density at radius 2 is 2.17 bits per heavy atom. The van der Waals surface area contributed by atoms with Gasteiger partial charge in [-0.2, -0.15) is 9.36 Å². The summed E-state index contributed by atoms with van der Waals surface area (Å²) in [6.45, 7) is -0.357. The van der Waals surface area contributed by atoms with E-state index in [2.05, 4.69) is 10.4 Å². The molecular formula is C14H11FN4O3S. The maximum Gasteiger partial charge on any atom is 0.369 e. The van der Waals surface area contributed by atoms with Crippen LogP contribution in [0.15, 0.2) is 40.5 Å². The predicted molar refractivity (Wildman–Crippen MR) is 80.8 cm³/mol. The molecule has 3 rings (SSSR count). The Morgan fingerprint density at radius 1 is 1.35 bits per heavy atom. The fourth-order valence-electron chi connectivity index (χ4n) is 2.02. The highest BCUT2D eigenvalue weighted by atomic mass is 32.1. The molecule has 0 saturated carbocycles. The summed E-state index contributed by atoms with van der Waals surface area (Å²) >= 11 is 1.32. The third kappa shape index (κ3) is 2.90. The number of ether oxygens (including phenoxy) is 1. The lowest BCUT2D eigenvalue weighted by Crippen LogP contribution is -2.27. The van der Waals surface area contributed by atoms with Crippen LogP contribution in [0.4, 0.5) is 4.39 Å². The SMILES string of the molecule is COc1ccc(F)cc1C(=O)Cn1nnn(-c2cccs2)c1=O. The van der Waals surface area contributed by atoms with Crippen molar-refractivity contribution in [3.63, 3.8) is 0 Å². The number of nitrogens with zero attached hydrogens (tertiary/aromatic N) is 4. The van der Waals surface area contributed by atoms with Crippen molar-refractivity contribution in [2.45, 2.75) is 6.54 Å². The zero-order valence-electron chi connectivity index (χ0n) is 12.0. The Hall–Kier alpha value is -2.81. The van der Waals surface area contributed by atoms with Gasteiger partial charge in [-0.1, -0.05) is 0 Å². The number of carbonyl (C=O) groups is 1. The minimum Gasteiger partial charge on any atom is -0.496 e. The van der Waals surface area contributed by atoms with Gasteiger partial charge in [-0.3, -0.25) is 4.79 Å². The smallest absolute Gasteiger partial charge is 0.369 e. The molecule has 0 aliphatic heterocycles. The molecule has 0 radical (unpaired) electrons. The summed E-state index contributed by atoms with van der Waals surface area (Å²) in [4.78, 5) is 24.5. The topological polar surface area (TPSA) is 79.0 Å². The highest BCUT2D eigenvalue weighted by molar-refractivity contribution is 7.12. The van der Waals surface area contributed by atoms with E-state index in [1.54, 1.807) is 17.5 Å². The van der Waals surface area contributed by atoms with E-state index in [0.29, 0.717) is 5.00 Å². The number of ketones is 1. The van der Waals surface area contributed by atoms with Crippen LogP contribution in [-0.2, 0) is 6.54 Å². The average Bonchev–Trinajstić information content (AvgIpc) is 3.18. The molecule has 0 fully saturated rings. The van der Waals surface area contributed by atoms with Crippen LogP contribution < -0.4 is 10.4 Å². The van der Waals surface area contributed by atoms with Crippen LogP contribution in [0.2, 0.25) is 0 Å². The fraction of sp³-hybridized carbons (Fsp3) is 0.143. The standard InChI is InChI=1S/C14H11FN4O3S/c1-22-12-5-4-9(15)7-10(12)11(20)8-18-14(21)19(17-16-18)13-3-2-6-23-13/h2-7H,8H2,1H3. The van der Waals surface area contributed by atoms with Crippen molar-refractivity contribution in [2.75, 3.05) is 7.11 Å². The Morgan fingerprint density at radius 3 is 2.87 bits per heavy atom. The number of benzene rings is 1. The van der Waals surface area contributed by atoms with E-state index in [9.17, 15) is 14.0 Å². The van der Waals surface area contributed by atoms with E-state index in [-0.39, 0.29) is 17.9 Å². The number of Topliss-reactive ketones (excluding diaryl/α,β-unsaturated/α-hetero) is 1. The first-order valence-electron chi connectivity index (χ1n) is 6.53. The number of thiophene rings is 1. The lowest BCUT2D eigenvalue weighted by atomic mass is 10.1. The van der Waals surface area contributed by atoms with Gasteiger partial charge in [0.05, 0.1) is 12.7 Å². The van der Waals surface area contributed by atoms with E-state index in [4.69, 9.17) is 4.74 Å². The minimum atomic E-state index is -0.566. The lowest BCUT2D eigenvalue weighted by molar-refractivity contribution is 0.0962. The van der Waals surface area contributed by atoms with Crippen LogP contribution in [0.25, 0.3) is 5.00 Å². The number of halogens is 1. The monoisotopic (exact) mass is 334 g/mol. The molecule has 118 valence electrons. The molecule has 0 aliphatic carbocycles. The molecule has 23 heavy (non-hydrogen) atoms. The second-order valence-electron chi connectivity index (χ2n) is 4.55. The van der Waals surface area contributed by atoms with Crippen LogP contribution in [0.1, 0.15) is 10.4 Å². The van der Waals surface area contributed by atoms with Gasteiger partial charge in [0.2, 0.25) is 0 Å². The quantitative estimate of drug-likeness (QED) is 0.661. The summed E-state index contributed by atoms with van der Waals surface area (Å²) in [6, 6.07) is 7.09. The number of methoxy groups -OCH3 is 1. The summed E-state index contributed by atoms with van der Waals surface area (Å²) in [5.74, 6) is -0.833. The highest BCUT2D eigenvalue weighted by Gasteiger charge is 2.17. The maximum atomic E-state index is 13.3. The van der Waals surface area contributed by atoms with Crippen molar-refractivity contribution in [1.82, 2.24) is 19.8 Å². The number of hydrogen-bond acceptors (Lipinski definition) is 6. The van der Waals surface area contributed by atoms with Crippen LogP contribution in [-0.4, -0.2) is 32.7 Å². The predicted octanol–water partition coefficient (Wildman–Crippen LogP) is 1.52. The second-order valence-corrected chi connectivity index (χ2v) is 5.48. The fourth-order valence-corrected chi connectivity index (χ4v) is 2.69. The summed E-state index contributed by atoms with van der Waals surface area (Å²) < 4.78 is 20.4. The van der Waals surface area contributed by atoms with Gasteiger partial charge < -0.3 is 4.74 Å². The van der Waals surface area contributed by atoms with Gasteiger partial charge in [0.15, 0.2) is 5.78 Å². The zero-order valence-corrected chi connectivity index (χ0v) is 12.8. The second kappa shape index (κ2) is 6.13. The molecule has 0 bridgehead atoms. The molecule has 3 aromatic rings. The molecule has 0 saturated heterocycles. The molecule has 0 unspecified atom stereocenters. The number of hydrogen-bond donors (Lipinski definition) is 0. The number of aromatic nitrogens is 4. The van der Waals surface area contributed by atoms with Gasteiger partial charge in [0.1, 0.15) is 23.1 Å². The van der Waals surface area contributed by atoms with Crippen molar-refractivity contribution < 1.29 is 13.9 Å². The summed E-state index contributed by atoms with van der Waals surface area (Å²) in [6.07, 6.45) is 0. The normalized spacial score (nSPS) is 10.7. The molecule has 0 atom stereocenters. The molecule has 0 amide bonds. The van der Waals surface area contributed by atoms with Crippen molar-refractivity contribution in [3.05, 3.63) is 57.6 Å².